The fourth-order valence-corrected chi connectivity index (χ4v) is 4.26. The zero-order valence-electron chi connectivity index (χ0n) is 19.2. The standard InChI is InChI=1S/C29H30N2O3/c32-25-19-17-24(18-20-25)29-30-27(22-12-6-4-7-13-22)28(23-14-8-5-9-15-23)31(29)21-11-3-1-2-10-16-26(33)34/h4-9,12-15,17-20,32H,1-3,10-11,16,21H2,(H,33,34). The number of phenols is 1. The van der Waals surface area contributed by atoms with E-state index in [1.165, 1.54) is 0 Å². The van der Waals surface area contributed by atoms with Gasteiger partial charge in [-0.05, 0) is 37.1 Å². The maximum Gasteiger partial charge on any atom is 0.303 e. The molecule has 0 atom stereocenters. The summed E-state index contributed by atoms with van der Waals surface area (Å²) >= 11 is 0. The molecule has 0 radical (unpaired) electrons. The van der Waals surface area contributed by atoms with Gasteiger partial charge in [0.1, 0.15) is 11.6 Å². The highest BCUT2D eigenvalue weighted by molar-refractivity contribution is 5.82. The number of benzene rings is 3. The van der Waals surface area contributed by atoms with Gasteiger partial charge in [0, 0.05) is 29.7 Å². The van der Waals surface area contributed by atoms with Crippen LogP contribution in [0.2, 0.25) is 0 Å². The zero-order chi connectivity index (χ0) is 23.8. The molecule has 0 unspecified atom stereocenters. The fourth-order valence-electron chi connectivity index (χ4n) is 4.26. The van der Waals surface area contributed by atoms with Crippen LogP contribution in [0.5, 0.6) is 5.75 Å². The molecular weight excluding hydrogens is 424 g/mol. The molecule has 0 saturated heterocycles. The molecule has 4 aromatic rings. The van der Waals surface area contributed by atoms with Gasteiger partial charge in [0.05, 0.1) is 11.4 Å². The number of carbonyl (C=O) groups is 1. The van der Waals surface area contributed by atoms with Crippen molar-refractivity contribution in [2.75, 3.05) is 0 Å². The summed E-state index contributed by atoms with van der Waals surface area (Å²) in [5.74, 6) is 0.385. The number of phenolic OH excluding ortho intramolecular Hbond substituents is 1. The summed E-state index contributed by atoms with van der Waals surface area (Å²) < 4.78 is 2.29. The Balaban J connectivity index is 1.70. The minimum Gasteiger partial charge on any atom is -0.508 e. The summed E-state index contributed by atoms with van der Waals surface area (Å²) in [6.45, 7) is 0.805. The van der Waals surface area contributed by atoms with E-state index in [4.69, 9.17) is 10.1 Å². The summed E-state index contributed by atoms with van der Waals surface area (Å²) in [5.41, 5.74) is 5.16. The molecule has 5 nitrogen and oxygen atoms in total. The summed E-state index contributed by atoms with van der Waals surface area (Å²) in [5, 5.41) is 18.6. The van der Waals surface area contributed by atoms with Crippen LogP contribution in [0, 0.1) is 0 Å². The Morgan fingerprint density at radius 2 is 1.29 bits per heavy atom. The fraction of sp³-hybridized carbons (Fsp3) is 0.241. The Labute approximate surface area is 200 Å². The molecule has 0 aliphatic carbocycles. The summed E-state index contributed by atoms with van der Waals surface area (Å²) in [4.78, 5) is 15.9. The summed E-state index contributed by atoms with van der Waals surface area (Å²) in [7, 11) is 0. The van der Waals surface area contributed by atoms with Gasteiger partial charge >= 0.3 is 5.97 Å². The molecule has 0 fully saturated rings. The van der Waals surface area contributed by atoms with E-state index in [0.717, 1.165) is 72.6 Å². The Kier molecular flexibility index (Phi) is 7.76. The van der Waals surface area contributed by atoms with Crippen molar-refractivity contribution in [1.29, 1.82) is 0 Å². The van der Waals surface area contributed by atoms with Gasteiger partial charge in [-0.1, -0.05) is 79.9 Å². The quantitative estimate of drug-likeness (QED) is 0.239. The molecule has 0 aliphatic rings. The van der Waals surface area contributed by atoms with Crippen LogP contribution < -0.4 is 0 Å². The molecule has 3 aromatic carbocycles. The van der Waals surface area contributed by atoms with Crippen molar-refractivity contribution >= 4 is 5.97 Å². The minimum atomic E-state index is -0.724. The first-order valence-corrected chi connectivity index (χ1v) is 11.9. The van der Waals surface area contributed by atoms with Crippen molar-refractivity contribution in [1.82, 2.24) is 9.55 Å². The van der Waals surface area contributed by atoms with Crippen molar-refractivity contribution in [2.24, 2.45) is 0 Å². The first-order valence-electron chi connectivity index (χ1n) is 11.9. The van der Waals surface area contributed by atoms with E-state index in [2.05, 4.69) is 28.8 Å². The molecule has 5 heteroatoms. The van der Waals surface area contributed by atoms with Crippen LogP contribution in [0.25, 0.3) is 33.9 Å². The summed E-state index contributed by atoms with van der Waals surface area (Å²) in [6, 6.07) is 27.8. The van der Waals surface area contributed by atoms with Crippen LogP contribution in [0.1, 0.15) is 38.5 Å². The lowest BCUT2D eigenvalue weighted by Crippen LogP contribution is -2.03. The third kappa shape index (κ3) is 5.73. The average molecular weight is 455 g/mol. The van der Waals surface area contributed by atoms with E-state index >= 15 is 0 Å². The van der Waals surface area contributed by atoms with Gasteiger partial charge in [-0.2, -0.15) is 0 Å². The topological polar surface area (TPSA) is 75.3 Å². The number of carboxylic acids is 1. The smallest absolute Gasteiger partial charge is 0.303 e. The molecule has 0 spiro atoms. The maximum atomic E-state index is 10.7. The summed E-state index contributed by atoms with van der Waals surface area (Å²) in [6.07, 6.45) is 4.92. The number of aromatic nitrogens is 2. The van der Waals surface area contributed by atoms with Crippen LogP contribution in [-0.2, 0) is 11.3 Å². The Bertz CT molecular complexity index is 1200. The molecule has 1 aromatic heterocycles. The average Bonchev–Trinajstić information content (AvgIpc) is 3.24. The maximum absolute atomic E-state index is 10.7. The molecule has 34 heavy (non-hydrogen) atoms. The van der Waals surface area contributed by atoms with Crippen LogP contribution in [0.15, 0.2) is 84.9 Å². The van der Waals surface area contributed by atoms with Crippen LogP contribution >= 0.6 is 0 Å². The van der Waals surface area contributed by atoms with E-state index in [1.807, 2.05) is 48.5 Å². The van der Waals surface area contributed by atoms with E-state index in [0.29, 0.717) is 0 Å². The minimum absolute atomic E-state index is 0.231. The van der Waals surface area contributed by atoms with Crippen molar-refractivity contribution in [2.45, 2.75) is 45.1 Å². The lowest BCUT2D eigenvalue weighted by Gasteiger charge is -2.14. The first kappa shape index (κ1) is 23.3. The second-order valence-corrected chi connectivity index (χ2v) is 8.47. The second-order valence-electron chi connectivity index (χ2n) is 8.47. The van der Waals surface area contributed by atoms with Gasteiger partial charge in [-0.3, -0.25) is 4.79 Å². The van der Waals surface area contributed by atoms with Gasteiger partial charge in [0.2, 0.25) is 0 Å². The van der Waals surface area contributed by atoms with Crippen molar-refractivity contribution in [3.63, 3.8) is 0 Å². The lowest BCUT2D eigenvalue weighted by molar-refractivity contribution is -0.137. The van der Waals surface area contributed by atoms with Crippen LogP contribution in [0.4, 0.5) is 0 Å². The zero-order valence-corrected chi connectivity index (χ0v) is 19.2. The highest BCUT2D eigenvalue weighted by Gasteiger charge is 2.20. The number of nitrogens with zero attached hydrogens (tertiary/aromatic N) is 2. The number of rotatable bonds is 11. The first-order chi connectivity index (χ1) is 16.6. The van der Waals surface area contributed by atoms with Crippen molar-refractivity contribution in [3.8, 4) is 39.7 Å². The van der Waals surface area contributed by atoms with Crippen LogP contribution in [-0.4, -0.2) is 25.7 Å². The Morgan fingerprint density at radius 1 is 0.706 bits per heavy atom. The number of unbranched alkanes of at least 4 members (excludes halogenated alkanes) is 4. The largest absolute Gasteiger partial charge is 0.508 e. The van der Waals surface area contributed by atoms with Gasteiger partial charge < -0.3 is 14.8 Å². The molecule has 0 amide bonds. The highest BCUT2D eigenvalue weighted by atomic mass is 16.4. The molecule has 0 saturated carbocycles. The van der Waals surface area contributed by atoms with Gasteiger partial charge in [0.25, 0.3) is 0 Å². The Hall–Kier alpha value is -3.86. The normalized spacial score (nSPS) is 10.9. The van der Waals surface area contributed by atoms with Gasteiger partial charge in [-0.25, -0.2) is 4.98 Å². The van der Waals surface area contributed by atoms with E-state index < -0.39 is 5.97 Å². The molecular formula is C29H30N2O3. The third-order valence-corrected chi connectivity index (χ3v) is 5.96. The number of imidazole rings is 1. The highest BCUT2D eigenvalue weighted by Crippen LogP contribution is 2.37. The molecule has 0 bridgehead atoms. The van der Waals surface area contributed by atoms with Crippen LogP contribution in [0.3, 0.4) is 0 Å². The van der Waals surface area contributed by atoms with Crippen molar-refractivity contribution in [3.05, 3.63) is 84.9 Å². The molecule has 0 aliphatic heterocycles. The van der Waals surface area contributed by atoms with Gasteiger partial charge in [0.15, 0.2) is 0 Å². The lowest BCUT2D eigenvalue weighted by atomic mass is 10.0. The van der Waals surface area contributed by atoms with E-state index in [-0.39, 0.29) is 12.2 Å². The number of hydrogen-bond acceptors (Lipinski definition) is 3. The SMILES string of the molecule is O=C(O)CCCCCCCn1c(-c2ccc(O)cc2)nc(-c2ccccc2)c1-c1ccccc1. The molecule has 2 N–H and O–H groups in total. The van der Waals surface area contributed by atoms with E-state index in [9.17, 15) is 9.90 Å². The predicted octanol–water partition coefficient (Wildman–Crippen LogP) is 7.01. The Morgan fingerprint density at radius 3 is 1.94 bits per heavy atom. The molecule has 1 heterocycles. The monoisotopic (exact) mass is 454 g/mol. The third-order valence-electron chi connectivity index (χ3n) is 5.96. The van der Waals surface area contributed by atoms with Gasteiger partial charge in [-0.15, -0.1) is 0 Å². The second kappa shape index (κ2) is 11.3. The number of carboxylic acid groups (broad SMARTS) is 1. The number of aromatic hydroxyl groups is 1. The number of aliphatic carboxylic acids is 1. The number of hydrogen-bond donors (Lipinski definition) is 2. The molecule has 4 rings (SSSR count). The van der Waals surface area contributed by atoms with Crippen molar-refractivity contribution < 1.29 is 15.0 Å². The molecule has 174 valence electrons. The van der Waals surface area contributed by atoms with E-state index in [1.54, 1.807) is 12.1 Å². The predicted molar refractivity (Wildman–Crippen MR) is 136 cm³/mol.